The number of rotatable bonds is 4. The summed E-state index contributed by atoms with van der Waals surface area (Å²) in [7, 11) is -3.38. The third-order valence-electron chi connectivity index (χ3n) is 3.46. The maximum atomic E-state index is 12.4. The van der Waals surface area contributed by atoms with Crippen LogP contribution in [0.5, 0.6) is 0 Å². The van der Waals surface area contributed by atoms with E-state index >= 15 is 0 Å². The fraction of sp³-hybridized carbons (Fsp3) is 0.500. The highest BCUT2D eigenvalue weighted by Crippen LogP contribution is 2.17. The minimum Gasteiger partial charge on any atom is -0.299 e. The Morgan fingerprint density at radius 2 is 1.80 bits per heavy atom. The Balaban J connectivity index is 1.99. The van der Waals surface area contributed by atoms with Gasteiger partial charge in [-0.1, -0.05) is 18.2 Å². The molecule has 0 saturated carbocycles. The van der Waals surface area contributed by atoms with Crippen LogP contribution in [0.15, 0.2) is 35.2 Å². The molecule has 108 valence electrons. The van der Waals surface area contributed by atoms with E-state index in [1.54, 1.807) is 30.3 Å². The monoisotopic (exact) mass is 293 g/mol. The second kappa shape index (κ2) is 6.35. The van der Waals surface area contributed by atoms with Crippen LogP contribution in [0.1, 0.15) is 6.92 Å². The van der Waals surface area contributed by atoms with Crippen molar-refractivity contribution in [3.05, 3.63) is 30.3 Å². The van der Waals surface area contributed by atoms with Gasteiger partial charge in [0.05, 0.1) is 16.9 Å². The van der Waals surface area contributed by atoms with Crippen LogP contribution in [-0.4, -0.2) is 50.3 Å². The molecule has 0 spiro atoms. The highest BCUT2D eigenvalue weighted by molar-refractivity contribution is 7.89. The first kappa shape index (κ1) is 15.0. The first-order valence-corrected chi connectivity index (χ1v) is 8.15. The van der Waals surface area contributed by atoms with Gasteiger partial charge in [0.2, 0.25) is 10.0 Å². The summed E-state index contributed by atoms with van der Waals surface area (Å²) < 4.78 is 26.4. The second-order valence-electron chi connectivity index (χ2n) is 5.05. The molecule has 0 amide bonds. The van der Waals surface area contributed by atoms with E-state index in [2.05, 4.69) is 11.0 Å². The normalized spacial score (nSPS) is 19.4. The van der Waals surface area contributed by atoms with Gasteiger partial charge in [-0.05, 0) is 19.1 Å². The van der Waals surface area contributed by atoms with E-state index in [4.69, 9.17) is 5.26 Å². The number of benzene rings is 1. The zero-order valence-electron chi connectivity index (χ0n) is 11.6. The molecule has 0 bridgehead atoms. The standard InChI is InChI=1S/C14H19N3O2S/c1-13(11-15)12-16-7-9-17(10-8-16)20(18,19)14-5-3-2-4-6-14/h2-6,13H,7-10,12H2,1H3/t13-/m1/s1. The maximum Gasteiger partial charge on any atom is 0.243 e. The molecule has 0 N–H and O–H groups in total. The quantitative estimate of drug-likeness (QED) is 0.835. The summed E-state index contributed by atoms with van der Waals surface area (Å²) in [6, 6.07) is 10.7. The summed E-state index contributed by atoms with van der Waals surface area (Å²) in [6.07, 6.45) is 0. The first-order chi connectivity index (χ1) is 9.54. The summed E-state index contributed by atoms with van der Waals surface area (Å²) in [6.45, 7) is 4.91. The van der Waals surface area contributed by atoms with Gasteiger partial charge in [0, 0.05) is 32.7 Å². The molecule has 1 fully saturated rings. The van der Waals surface area contributed by atoms with E-state index in [0.29, 0.717) is 37.6 Å². The number of piperazine rings is 1. The van der Waals surface area contributed by atoms with Crippen molar-refractivity contribution in [2.75, 3.05) is 32.7 Å². The summed E-state index contributed by atoms with van der Waals surface area (Å²) in [5.41, 5.74) is 0. The SMILES string of the molecule is C[C@H](C#N)CN1CCN(S(=O)(=O)c2ccccc2)CC1. The van der Waals surface area contributed by atoms with E-state index in [1.807, 2.05) is 6.92 Å². The minimum atomic E-state index is -3.38. The van der Waals surface area contributed by atoms with E-state index < -0.39 is 10.0 Å². The summed E-state index contributed by atoms with van der Waals surface area (Å²) in [4.78, 5) is 2.49. The van der Waals surface area contributed by atoms with Gasteiger partial charge in [0.1, 0.15) is 0 Å². The molecule has 5 nitrogen and oxygen atoms in total. The first-order valence-electron chi connectivity index (χ1n) is 6.71. The largest absolute Gasteiger partial charge is 0.299 e. The van der Waals surface area contributed by atoms with Crippen LogP contribution < -0.4 is 0 Å². The lowest BCUT2D eigenvalue weighted by molar-refractivity contribution is 0.178. The van der Waals surface area contributed by atoms with Crippen molar-refractivity contribution in [1.29, 1.82) is 5.26 Å². The fourth-order valence-electron chi connectivity index (χ4n) is 2.32. The molecule has 1 saturated heterocycles. The maximum absolute atomic E-state index is 12.4. The van der Waals surface area contributed by atoms with Gasteiger partial charge in [-0.2, -0.15) is 9.57 Å². The molecule has 0 unspecified atom stereocenters. The Morgan fingerprint density at radius 1 is 1.20 bits per heavy atom. The van der Waals surface area contributed by atoms with Crippen molar-refractivity contribution in [2.45, 2.75) is 11.8 Å². The molecule has 0 aromatic heterocycles. The Hall–Kier alpha value is -1.42. The van der Waals surface area contributed by atoms with Gasteiger partial charge in [-0.25, -0.2) is 8.42 Å². The smallest absolute Gasteiger partial charge is 0.243 e. The van der Waals surface area contributed by atoms with E-state index in [-0.39, 0.29) is 5.92 Å². The lowest BCUT2D eigenvalue weighted by atomic mass is 10.2. The molecule has 1 aromatic rings. The van der Waals surface area contributed by atoms with Crippen LogP contribution in [-0.2, 0) is 10.0 Å². The molecule has 0 radical (unpaired) electrons. The summed E-state index contributed by atoms with van der Waals surface area (Å²) in [5.74, 6) is -0.0210. The predicted molar refractivity (Wildman–Crippen MR) is 76.4 cm³/mol. The molecule has 1 heterocycles. The third-order valence-corrected chi connectivity index (χ3v) is 5.38. The lowest BCUT2D eigenvalue weighted by Gasteiger charge is -2.34. The van der Waals surface area contributed by atoms with Crippen molar-refractivity contribution < 1.29 is 8.42 Å². The van der Waals surface area contributed by atoms with Crippen LogP contribution in [0.4, 0.5) is 0 Å². The van der Waals surface area contributed by atoms with Crippen LogP contribution in [0, 0.1) is 17.2 Å². The molecular formula is C14H19N3O2S. The molecule has 1 atom stereocenters. The summed E-state index contributed by atoms with van der Waals surface area (Å²) >= 11 is 0. The van der Waals surface area contributed by atoms with Gasteiger partial charge in [0.15, 0.2) is 0 Å². The molecular weight excluding hydrogens is 274 g/mol. The Bertz CT molecular complexity index is 572. The van der Waals surface area contributed by atoms with Gasteiger partial charge in [-0.15, -0.1) is 0 Å². The molecule has 0 aliphatic carbocycles. The van der Waals surface area contributed by atoms with Gasteiger partial charge in [-0.3, -0.25) is 4.90 Å². The fourth-order valence-corrected chi connectivity index (χ4v) is 3.77. The number of hydrogen-bond acceptors (Lipinski definition) is 4. The molecule has 1 aliphatic rings. The number of nitriles is 1. The van der Waals surface area contributed by atoms with E-state index in [1.165, 1.54) is 4.31 Å². The average molecular weight is 293 g/mol. The van der Waals surface area contributed by atoms with E-state index in [0.717, 1.165) is 0 Å². The molecule has 2 rings (SSSR count). The van der Waals surface area contributed by atoms with Gasteiger partial charge < -0.3 is 0 Å². The Kier molecular flexibility index (Phi) is 4.76. The molecule has 20 heavy (non-hydrogen) atoms. The van der Waals surface area contributed by atoms with Gasteiger partial charge >= 0.3 is 0 Å². The number of hydrogen-bond donors (Lipinski definition) is 0. The van der Waals surface area contributed by atoms with Crippen molar-refractivity contribution in [2.24, 2.45) is 5.92 Å². The van der Waals surface area contributed by atoms with Crippen LogP contribution in [0.3, 0.4) is 0 Å². The van der Waals surface area contributed by atoms with Crippen LogP contribution in [0.2, 0.25) is 0 Å². The van der Waals surface area contributed by atoms with Crippen molar-refractivity contribution in [3.63, 3.8) is 0 Å². The highest BCUT2D eigenvalue weighted by Gasteiger charge is 2.28. The third kappa shape index (κ3) is 3.37. The number of nitrogens with zero attached hydrogens (tertiary/aromatic N) is 3. The second-order valence-corrected chi connectivity index (χ2v) is 6.99. The minimum absolute atomic E-state index is 0.0210. The Morgan fingerprint density at radius 3 is 2.35 bits per heavy atom. The van der Waals surface area contributed by atoms with Gasteiger partial charge in [0.25, 0.3) is 0 Å². The Labute approximate surface area is 120 Å². The van der Waals surface area contributed by atoms with Crippen molar-refractivity contribution in [3.8, 4) is 6.07 Å². The average Bonchev–Trinajstić information content (AvgIpc) is 2.48. The van der Waals surface area contributed by atoms with Crippen molar-refractivity contribution >= 4 is 10.0 Å². The van der Waals surface area contributed by atoms with Crippen molar-refractivity contribution in [1.82, 2.24) is 9.21 Å². The zero-order valence-corrected chi connectivity index (χ0v) is 12.4. The molecule has 1 aliphatic heterocycles. The zero-order chi connectivity index (χ0) is 14.6. The van der Waals surface area contributed by atoms with Crippen LogP contribution in [0.25, 0.3) is 0 Å². The number of sulfonamides is 1. The topological polar surface area (TPSA) is 64.4 Å². The predicted octanol–water partition coefficient (Wildman–Crippen LogP) is 1.15. The van der Waals surface area contributed by atoms with Crippen LogP contribution >= 0.6 is 0 Å². The highest BCUT2D eigenvalue weighted by atomic mass is 32.2. The summed E-state index contributed by atoms with van der Waals surface area (Å²) in [5, 5.41) is 8.81. The molecule has 1 aromatic carbocycles. The molecule has 6 heteroatoms. The lowest BCUT2D eigenvalue weighted by Crippen LogP contribution is -2.49. The van der Waals surface area contributed by atoms with E-state index in [9.17, 15) is 8.42 Å².